The predicted octanol–water partition coefficient (Wildman–Crippen LogP) is 5.53. The molecule has 198 valence electrons. The molecular formula is C32H36N2O4. The SMILES string of the molecule is Cc1ccc2c(c1OCc1ccccc1)C[C@@H](C(=O)O)N(C(=O)[C@@H](c1ccccc1)N(C)C1CCCC1)C2. The molecule has 2 aliphatic rings. The van der Waals surface area contributed by atoms with E-state index in [1.54, 1.807) is 4.90 Å². The van der Waals surface area contributed by atoms with Crippen molar-refractivity contribution in [2.24, 2.45) is 0 Å². The molecule has 1 saturated carbocycles. The van der Waals surface area contributed by atoms with Crippen molar-refractivity contribution in [3.63, 3.8) is 0 Å². The second-order valence-electron chi connectivity index (χ2n) is 10.6. The first-order chi connectivity index (χ1) is 18.4. The van der Waals surface area contributed by atoms with Crippen LogP contribution in [0.25, 0.3) is 0 Å². The number of aryl methyl sites for hydroxylation is 1. The van der Waals surface area contributed by atoms with Gasteiger partial charge in [0.1, 0.15) is 24.4 Å². The van der Waals surface area contributed by atoms with E-state index >= 15 is 0 Å². The third kappa shape index (κ3) is 5.32. The lowest BCUT2D eigenvalue weighted by atomic mass is 9.90. The number of likely N-dealkylation sites (N-methyl/N-ethyl adjacent to an activating group) is 1. The van der Waals surface area contributed by atoms with Gasteiger partial charge in [0.05, 0.1) is 0 Å². The van der Waals surface area contributed by atoms with Gasteiger partial charge < -0.3 is 14.7 Å². The van der Waals surface area contributed by atoms with Gasteiger partial charge in [-0.2, -0.15) is 0 Å². The summed E-state index contributed by atoms with van der Waals surface area (Å²) in [6.45, 7) is 2.63. The Kier molecular flexibility index (Phi) is 7.79. The van der Waals surface area contributed by atoms with Gasteiger partial charge in [-0.05, 0) is 49.1 Å². The summed E-state index contributed by atoms with van der Waals surface area (Å²) in [6, 6.07) is 22.5. The van der Waals surface area contributed by atoms with Gasteiger partial charge in [-0.1, -0.05) is 85.6 Å². The average Bonchev–Trinajstić information content (AvgIpc) is 3.48. The molecule has 0 saturated heterocycles. The maximum Gasteiger partial charge on any atom is 0.326 e. The molecule has 5 rings (SSSR count). The van der Waals surface area contributed by atoms with Crippen molar-refractivity contribution in [3.8, 4) is 5.75 Å². The first-order valence-corrected chi connectivity index (χ1v) is 13.5. The number of carbonyl (C=O) groups is 2. The second-order valence-corrected chi connectivity index (χ2v) is 10.6. The quantitative estimate of drug-likeness (QED) is 0.430. The highest BCUT2D eigenvalue weighted by molar-refractivity contribution is 5.89. The molecule has 3 aromatic carbocycles. The normalized spacial score (nSPS) is 18.3. The average molecular weight is 513 g/mol. The van der Waals surface area contributed by atoms with Crippen molar-refractivity contribution < 1.29 is 19.4 Å². The van der Waals surface area contributed by atoms with Gasteiger partial charge in [-0.25, -0.2) is 4.79 Å². The number of ether oxygens (including phenoxy) is 1. The lowest BCUT2D eigenvalue weighted by molar-refractivity contribution is -0.154. The van der Waals surface area contributed by atoms with E-state index < -0.39 is 18.1 Å². The van der Waals surface area contributed by atoms with E-state index in [-0.39, 0.29) is 18.9 Å². The number of carboxylic acids is 1. The number of fused-ring (bicyclic) bond motifs is 1. The molecule has 6 heteroatoms. The smallest absolute Gasteiger partial charge is 0.326 e. The second kappa shape index (κ2) is 11.4. The van der Waals surface area contributed by atoms with E-state index in [0.717, 1.165) is 59.3 Å². The molecule has 3 aromatic rings. The number of hydrogen-bond acceptors (Lipinski definition) is 4. The van der Waals surface area contributed by atoms with Gasteiger partial charge in [-0.15, -0.1) is 0 Å². The highest BCUT2D eigenvalue weighted by Crippen LogP contribution is 2.37. The molecule has 1 aliphatic carbocycles. The van der Waals surface area contributed by atoms with Crippen molar-refractivity contribution in [3.05, 3.63) is 101 Å². The Hall–Kier alpha value is -3.64. The van der Waals surface area contributed by atoms with Gasteiger partial charge in [0.15, 0.2) is 0 Å². The maximum atomic E-state index is 14.3. The largest absolute Gasteiger partial charge is 0.488 e. The fraction of sp³-hybridized carbons (Fsp3) is 0.375. The zero-order chi connectivity index (χ0) is 26.6. The van der Waals surface area contributed by atoms with Crippen LogP contribution in [0.5, 0.6) is 5.75 Å². The summed E-state index contributed by atoms with van der Waals surface area (Å²) >= 11 is 0. The molecule has 1 fully saturated rings. The van der Waals surface area contributed by atoms with E-state index in [9.17, 15) is 14.7 Å². The Bertz CT molecular complexity index is 1270. The number of nitrogens with zero attached hydrogens (tertiary/aromatic N) is 2. The summed E-state index contributed by atoms with van der Waals surface area (Å²) in [5.41, 5.74) is 4.74. The van der Waals surface area contributed by atoms with Crippen molar-refractivity contribution in [1.82, 2.24) is 9.80 Å². The van der Waals surface area contributed by atoms with E-state index in [1.807, 2.05) is 86.8 Å². The number of carboxylic acid groups (broad SMARTS) is 1. The van der Waals surface area contributed by atoms with Gasteiger partial charge in [0.25, 0.3) is 0 Å². The topological polar surface area (TPSA) is 70.1 Å². The van der Waals surface area contributed by atoms with Crippen molar-refractivity contribution >= 4 is 11.9 Å². The molecule has 1 amide bonds. The van der Waals surface area contributed by atoms with E-state index in [2.05, 4.69) is 4.90 Å². The highest BCUT2D eigenvalue weighted by atomic mass is 16.5. The van der Waals surface area contributed by atoms with Crippen molar-refractivity contribution in [1.29, 1.82) is 0 Å². The molecule has 1 heterocycles. The van der Waals surface area contributed by atoms with Crippen LogP contribution in [-0.2, 0) is 29.2 Å². The molecule has 6 nitrogen and oxygen atoms in total. The van der Waals surface area contributed by atoms with Crippen LogP contribution in [0.1, 0.15) is 59.5 Å². The summed E-state index contributed by atoms with van der Waals surface area (Å²) in [4.78, 5) is 30.6. The molecule has 0 bridgehead atoms. The number of rotatable bonds is 8. The summed E-state index contributed by atoms with van der Waals surface area (Å²) in [5.74, 6) is -0.418. The first-order valence-electron chi connectivity index (χ1n) is 13.5. The summed E-state index contributed by atoms with van der Waals surface area (Å²) < 4.78 is 6.26. The molecule has 0 radical (unpaired) electrons. The summed E-state index contributed by atoms with van der Waals surface area (Å²) in [6.07, 6.45) is 4.64. The standard InChI is InChI=1S/C32H36N2O4/c1-22-17-18-25-20-34(28(32(36)37)19-27(25)30(22)38-21-23-11-5-3-6-12-23)31(35)29(24-13-7-4-8-14-24)33(2)26-15-9-10-16-26/h3-8,11-14,17-18,26,28-29H,9-10,15-16,19-21H2,1-2H3,(H,36,37)/t28-,29+/m0/s1. The Balaban J connectivity index is 1.47. The minimum Gasteiger partial charge on any atom is -0.488 e. The predicted molar refractivity (Wildman–Crippen MR) is 147 cm³/mol. The fourth-order valence-corrected chi connectivity index (χ4v) is 6.00. The number of hydrogen-bond donors (Lipinski definition) is 1. The molecule has 2 atom stereocenters. The lowest BCUT2D eigenvalue weighted by Crippen LogP contribution is -2.53. The number of aliphatic carboxylic acids is 1. The van der Waals surface area contributed by atoms with Gasteiger partial charge in [-0.3, -0.25) is 9.69 Å². The Morgan fingerprint density at radius 1 is 1.00 bits per heavy atom. The van der Waals surface area contributed by atoms with Crippen molar-refractivity contribution in [2.45, 2.75) is 70.3 Å². The third-order valence-corrected chi connectivity index (χ3v) is 8.12. The fourth-order valence-electron chi connectivity index (χ4n) is 6.00. The Labute approximate surface area is 224 Å². The molecular weight excluding hydrogens is 476 g/mol. The minimum atomic E-state index is -0.991. The molecule has 1 N–H and O–H groups in total. The van der Waals surface area contributed by atoms with Crippen LogP contribution in [0.2, 0.25) is 0 Å². The summed E-state index contributed by atoms with van der Waals surface area (Å²) in [7, 11) is 2.01. The van der Waals surface area contributed by atoms with Crippen LogP contribution >= 0.6 is 0 Å². The van der Waals surface area contributed by atoms with Crippen LogP contribution in [0.15, 0.2) is 72.8 Å². The Morgan fingerprint density at radius 2 is 1.66 bits per heavy atom. The van der Waals surface area contributed by atoms with Gasteiger partial charge in [0.2, 0.25) is 5.91 Å². The molecule has 1 aliphatic heterocycles. The lowest BCUT2D eigenvalue weighted by Gasteiger charge is -2.40. The molecule has 0 spiro atoms. The van der Waals surface area contributed by atoms with E-state index in [1.165, 1.54) is 0 Å². The molecule has 38 heavy (non-hydrogen) atoms. The zero-order valence-electron chi connectivity index (χ0n) is 22.2. The van der Waals surface area contributed by atoms with Crippen LogP contribution < -0.4 is 4.74 Å². The van der Waals surface area contributed by atoms with E-state index in [4.69, 9.17) is 4.74 Å². The van der Waals surface area contributed by atoms with Gasteiger partial charge >= 0.3 is 5.97 Å². The summed E-state index contributed by atoms with van der Waals surface area (Å²) in [5, 5.41) is 10.3. The maximum absolute atomic E-state index is 14.3. The third-order valence-electron chi connectivity index (χ3n) is 8.12. The first kappa shape index (κ1) is 26.0. The zero-order valence-corrected chi connectivity index (χ0v) is 22.2. The number of carbonyl (C=O) groups excluding carboxylic acids is 1. The van der Waals surface area contributed by atoms with Crippen molar-refractivity contribution in [2.75, 3.05) is 7.05 Å². The van der Waals surface area contributed by atoms with E-state index in [0.29, 0.717) is 12.6 Å². The van der Waals surface area contributed by atoms with Crippen LogP contribution in [-0.4, -0.2) is 45.9 Å². The Morgan fingerprint density at radius 3 is 2.32 bits per heavy atom. The number of benzene rings is 3. The minimum absolute atomic E-state index is 0.157. The van der Waals surface area contributed by atoms with Gasteiger partial charge in [0, 0.05) is 24.6 Å². The number of amides is 1. The monoisotopic (exact) mass is 512 g/mol. The van der Waals surface area contributed by atoms with Crippen LogP contribution in [0.3, 0.4) is 0 Å². The van der Waals surface area contributed by atoms with Crippen LogP contribution in [0, 0.1) is 6.92 Å². The van der Waals surface area contributed by atoms with Crippen LogP contribution in [0.4, 0.5) is 0 Å². The molecule has 0 aromatic heterocycles. The molecule has 0 unspecified atom stereocenters. The highest BCUT2D eigenvalue weighted by Gasteiger charge is 2.41.